The lowest BCUT2D eigenvalue weighted by Crippen LogP contribution is -2.49. The zero-order valence-electron chi connectivity index (χ0n) is 17.4. The molecule has 7 nitrogen and oxygen atoms in total. The largest absolute Gasteiger partial charge is 0.497 e. The summed E-state index contributed by atoms with van der Waals surface area (Å²) in [7, 11) is 1.59. The summed E-state index contributed by atoms with van der Waals surface area (Å²) < 4.78 is 11.9. The minimum atomic E-state index is -0.0163. The first-order valence-electron chi connectivity index (χ1n) is 10.00. The van der Waals surface area contributed by atoms with E-state index >= 15 is 0 Å². The van der Waals surface area contributed by atoms with Crippen LogP contribution in [0.2, 0.25) is 0 Å². The van der Waals surface area contributed by atoms with Gasteiger partial charge in [0.1, 0.15) is 23.1 Å². The van der Waals surface area contributed by atoms with Gasteiger partial charge in [-0.2, -0.15) is 4.98 Å². The maximum atomic E-state index is 13.0. The number of anilines is 1. The fourth-order valence-electron chi connectivity index (χ4n) is 3.45. The van der Waals surface area contributed by atoms with E-state index in [-0.39, 0.29) is 5.91 Å². The van der Waals surface area contributed by atoms with Crippen LogP contribution < -0.4 is 14.4 Å². The van der Waals surface area contributed by atoms with Gasteiger partial charge in [-0.25, -0.2) is 4.98 Å². The van der Waals surface area contributed by atoms with Gasteiger partial charge in [-0.1, -0.05) is 18.2 Å². The molecule has 0 bridgehead atoms. The topological polar surface area (TPSA) is 67.8 Å². The van der Waals surface area contributed by atoms with Gasteiger partial charge in [-0.15, -0.1) is 0 Å². The van der Waals surface area contributed by atoms with E-state index in [2.05, 4.69) is 30.8 Å². The van der Waals surface area contributed by atoms with Crippen LogP contribution in [0.15, 0.2) is 59.1 Å². The average molecular weight is 483 g/mol. The van der Waals surface area contributed by atoms with E-state index in [0.29, 0.717) is 49.2 Å². The number of hydrogen-bond acceptors (Lipinski definition) is 6. The van der Waals surface area contributed by atoms with Crippen molar-refractivity contribution in [2.75, 3.05) is 38.2 Å². The van der Waals surface area contributed by atoms with Crippen molar-refractivity contribution < 1.29 is 14.3 Å². The molecule has 160 valence electrons. The van der Waals surface area contributed by atoms with Gasteiger partial charge in [0.25, 0.3) is 5.91 Å². The predicted octanol–water partition coefficient (Wildman–Crippen LogP) is 4.31. The van der Waals surface area contributed by atoms with E-state index in [0.717, 1.165) is 16.0 Å². The van der Waals surface area contributed by atoms with Gasteiger partial charge >= 0.3 is 0 Å². The predicted molar refractivity (Wildman–Crippen MR) is 122 cm³/mol. The lowest BCUT2D eigenvalue weighted by Gasteiger charge is -2.35. The second-order valence-corrected chi connectivity index (χ2v) is 8.01. The number of para-hydroxylation sites is 1. The quantitative estimate of drug-likeness (QED) is 0.539. The number of carbonyl (C=O) groups is 1. The summed E-state index contributed by atoms with van der Waals surface area (Å²) in [5, 5.41) is 0. The van der Waals surface area contributed by atoms with Crippen molar-refractivity contribution in [3.63, 3.8) is 0 Å². The number of aromatic nitrogens is 2. The van der Waals surface area contributed by atoms with Crippen molar-refractivity contribution in [3.8, 4) is 17.4 Å². The number of hydrogen-bond donors (Lipinski definition) is 0. The van der Waals surface area contributed by atoms with Crippen LogP contribution in [-0.4, -0.2) is 54.1 Å². The van der Waals surface area contributed by atoms with Gasteiger partial charge in [-0.3, -0.25) is 4.79 Å². The first-order chi connectivity index (χ1) is 15.0. The summed E-state index contributed by atoms with van der Waals surface area (Å²) in [5.74, 6) is 3.32. The van der Waals surface area contributed by atoms with E-state index in [1.54, 1.807) is 13.2 Å². The number of methoxy groups -OCH3 is 1. The number of halogens is 1. The van der Waals surface area contributed by atoms with Crippen molar-refractivity contribution in [1.29, 1.82) is 0 Å². The summed E-state index contributed by atoms with van der Waals surface area (Å²) in [5.41, 5.74) is 0.601. The second-order valence-electron chi connectivity index (χ2n) is 7.15. The van der Waals surface area contributed by atoms with E-state index in [4.69, 9.17) is 9.47 Å². The molecule has 0 atom stereocenters. The highest BCUT2D eigenvalue weighted by molar-refractivity contribution is 9.10. The highest BCUT2D eigenvalue weighted by Gasteiger charge is 2.25. The molecule has 4 rings (SSSR count). The zero-order chi connectivity index (χ0) is 21.8. The minimum Gasteiger partial charge on any atom is -0.497 e. The molecule has 0 radical (unpaired) electrons. The number of aryl methyl sites for hydroxylation is 1. The summed E-state index contributed by atoms with van der Waals surface area (Å²) in [6.07, 6.45) is 0. The highest BCUT2D eigenvalue weighted by atomic mass is 79.9. The van der Waals surface area contributed by atoms with Crippen LogP contribution in [0.4, 0.5) is 5.82 Å². The maximum Gasteiger partial charge on any atom is 0.255 e. The van der Waals surface area contributed by atoms with Crippen molar-refractivity contribution in [2.24, 2.45) is 0 Å². The number of ether oxygens (including phenoxy) is 2. The SMILES string of the molecule is COc1ccc(Br)c(C(=O)N2CCN(c3cc(Oc4ccccc4)nc(C)n3)CC2)c1. The molecule has 0 aliphatic carbocycles. The molecule has 0 N–H and O–H groups in total. The normalized spacial score (nSPS) is 13.8. The monoisotopic (exact) mass is 482 g/mol. The molecule has 0 unspecified atom stereocenters. The van der Waals surface area contributed by atoms with Crippen LogP contribution in [0.25, 0.3) is 0 Å². The molecule has 3 aromatic rings. The minimum absolute atomic E-state index is 0.0163. The molecule has 1 saturated heterocycles. The molecule has 1 aliphatic heterocycles. The molecule has 2 heterocycles. The first kappa shape index (κ1) is 21.1. The summed E-state index contributed by atoms with van der Waals surface area (Å²) in [4.78, 5) is 26.0. The van der Waals surface area contributed by atoms with Crippen LogP contribution in [0.3, 0.4) is 0 Å². The number of amides is 1. The Kier molecular flexibility index (Phi) is 6.36. The molecule has 1 amide bonds. The third-order valence-corrected chi connectivity index (χ3v) is 5.75. The van der Waals surface area contributed by atoms with Gasteiger partial charge in [-0.05, 0) is 53.2 Å². The maximum absolute atomic E-state index is 13.0. The van der Waals surface area contributed by atoms with Crippen molar-refractivity contribution in [3.05, 3.63) is 70.5 Å². The smallest absolute Gasteiger partial charge is 0.255 e. The van der Waals surface area contributed by atoms with E-state index in [9.17, 15) is 4.79 Å². The highest BCUT2D eigenvalue weighted by Crippen LogP contribution is 2.26. The fourth-order valence-corrected chi connectivity index (χ4v) is 3.87. The Balaban J connectivity index is 1.45. The summed E-state index contributed by atoms with van der Waals surface area (Å²) >= 11 is 3.47. The molecule has 8 heteroatoms. The van der Waals surface area contributed by atoms with Crippen LogP contribution in [0, 0.1) is 6.92 Å². The van der Waals surface area contributed by atoms with Crippen LogP contribution in [-0.2, 0) is 0 Å². The summed E-state index contributed by atoms with van der Waals surface area (Å²) in [6, 6.07) is 16.8. The van der Waals surface area contributed by atoms with Crippen LogP contribution >= 0.6 is 15.9 Å². The number of carbonyl (C=O) groups excluding carboxylic acids is 1. The Labute approximate surface area is 189 Å². The second kappa shape index (κ2) is 9.34. The Bertz CT molecular complexity index is 1070. The molecule has 31 heavy (non-hydrogen) atoms. The Hall–Kier alpha value is -3.13. The van der Waals surface area contributed by atoms with Gasteiger partial charge < -0.3 is 19.3 Å². The third kappa shape index (κ3) is 4.96. The Morgan fingerprint density at radius 3 is 2.42 bits per heavy atom. The van der Waals surface area contributed by atoms with Gasteiger partial charge in [0.05, 0.1) is 12.7 Å². The Morgan fingerprint density at radius 1 is 0.968 bits per heavy atom. The first-order valence-corrected chi connectivity index (χ1v) is 10.8. The van der Waals surface area contributed by atoms with Crippen LogP contribution in [0.5, 0.6) is 17.4 Å². The average Bonchev–Trinajstić information content (AvgIpc) is 2.79. The molecule has 0 saturated carbocycles. The van der Waals surface area contributed by atoms with Gasteiger partial charge in [0.15, 0.2) is 0 Å². The number of benzene rings is 2. The van der Waals surface area contributed by atoms with Crippen LogP contribution in [0.1, 0.15) is 16.2 Å². The zero-order valence-corrected chi connectivity index (χ0v) is 19.0. The van der Waals surface area contributed by atoms with Gasteiger partial charge in [0, 0.05) is 36.7 Å². The third-order valence-electron chi connectivity index (χ3n) is 5.06. The van der Waals surface area contributed by atoms with E-state index < -0.39 is 0 Å². The summed E-state index contributed by atoms with van der Waals surface area (Å²) in [6.45, 7) is 4.39. The van der Waals surface area contributed by atoms with E-state index in [1.165, 1.54) is 0 Å². The number of piperazine rings is 1. The molecule has 1 fully saturated rings. The molecular weight excluding hydrogens is 460 g/mol. The fraction of sp³-hybridized carbons (Fsp3) is 0.261. The van der Waals surface area contributed by atoms with Crippen molar-refractivity contribution in [2.45, 2.75) is 6.92 Å². The lowest BCUT2D eigenvalue weighted by atomic mass is 10.1. The van der Waals surface area contributed by atoms with Crippen molar-refractivity contribution in [1.82, 2.24) is 14.9 Å². The lowest BCUT2D eigenvalue weighted by molar-refractivity contribution is 0.0745. The molecule has 1 aliphatic rings. The Morgan fingerprint density at radius 2 is 1.71 bits per heavy atom. The molecule has 2 aromatic carbocycles. The molecular formula is C23H23BrN4O3. The van der Waals surface area contributed by atoms with Gasteiger partial charge in [0.2, 0.25) is 5.88 Å². The van der Waals surface area contributed by atoms with E-state index in [1.807, 2.05) is 60.4 Å². The number of rotatable bonds is 5. The molecule has 1 aromatic heterocycles. The number of nitrogens with zero attached hydrogens (tertiary/aromatic N) is 4. The molecule has 0 spiro atoms. The van der Waals surface area contributed by atoms with Crippen molar-refractivity contribution >= 4 is 27.7 Å². The standard InChI is InChI=1S/C23H23BrN4O3/c1-16-25-21(15-22(26-16)31-17-6-4-3-5-7-17)27-10-12-28(13-11-27)23(29)19-14-18(30-2)8-9-20(19)24/h3-9,14-15H,10-13H2,1-2H3.